The molecule has 6 heteroatoms. The number of hydrogen-bond acceptors (Lipinski definition) is 6. The van der Waals surface area contributed by atoms with E-state index in [9.17, 15) is 4.79 Å². The molecular formula is C12H18N2O4. The van der Waals surface area contributed by atoms with E-state index in [0.29, 0.717) is 32.3 Å². The van der Waals surface area contributed by atoms with Crippen molar-refractivity contribution in [3.63, 3.8) is 0 Å². The highest BCUT2D eigenvalue weighted by atomic mass is 16.5. The summed E-state index contributed by atoms with van der Waals surface area (Å²) in [4.78, 5) is 15.6. The van der Waals surface area contributed by atoms with Gasteiger partial charge >= 0.3 is 5.97 Å². The fourth-order valence-electron chi connectivity index (χ4n) is 1.26. The van der Waals surface area contributed by atoms with E-state index in [0.717, 1.165) is 0 Å². The number of esters is 1. The van der Waals surface area contributed by atoms with Gasteiger partial charge in [0.15, 0.2) is 0 Å². The Bertz CT molecular complexity index is 396. The van der Waals surface area contributed by atoms with E-state index < -0.39 is 5.97 Å². The zero-order valence-electron chi connectivity index (χ0n) is 10.6. The van der Waals surface area contributed by atoms with E-state index >= 15 is 0 Å². The second-order valence-electron chi connectivity index (χ2n) is 3.38. The molecule has 0 aliphatic heterocycles. The van der Waals surface area contributed by atoms with E-state index in [2.05, 4.69) is 4.98 Å². The van der Waals surface area contributed by atoms with Gasteiger partial charge in [-0.25, -0.2) is 9.78 Å². The van der Waals surface area contributed by atoms with Gasteiger partial charge in [-0.3, -0.25) is 0 Å². The number of aromatic nitrogens is 1. The van der Waals surface area contributed by atoms with E-state index in [4.69, 9.17) is 19.9 Å². The molecule has 0 unspecified atom stereocenters. The second-order valence-corrected chi connectivity index (χ2v) is 3.38. The van der Waals surface area contributed by atoms with Crippen LogP contribution in [0.1, 0.15) is 24.2 Å². The molecule has 2 N–H and O–H groups in total. The molecule has 0 saturated carbocycles. The first-order chi connectivity index (χ1) is 8.69. The number of nitrogens with zero attached hydrogens (tertiary/aromatic N) is 1. The maximum Gasteiger partial charge on any atom is 0.340 e. The molecule has 0 aliphatic rings. The Hall–Kier alpha value is -1.82. The molecule has 6 nitrogen and oxygen atoms in total. The van der Waals surface area contributed by atoms with E-state index in [-0.39, 0.29) is 11.3 Å². The molecule has 18 heavy (non-hydrogen) atoms. The summed E-state index contributed by atoms with van der Waals surface area (Å²) in [5.74, 6) is -0.154. The van der Waals surface area contributed by atoms with Gasteiger partial charge in [0.2, 0.25) is 5.88 Å². The molecular weight excluding hydrogens is 236 g/mol. The maximum absolute atomic E-state index is 11.6. The summed E-state index contributed by atoms with van der Waals surface area (Å²) in [6, 6.07) is 1.47. The Morgan fingerprint density at radius 2 is 2.11 bits per heavy atom. The smallest absolute Gasteiger partial charge is 0.340 e. The lowest BCUT2D eigenvalue weighted by molar-refractivity contribution is 0.0526. The van der Waals surface area contributed by atoms with Crippen LogP contribution >= 0.6 is 0 Å². The summed E-state index contributed by atoms with van der Waals surface area (Å²) in [7, 11) is 0. The number of pyridine rings is 1. The van der Waals surface area contributed by atoms with Gasteiger partial charge < -0.3 is 19.9 Å². The minimum atomic E-state index is -0.480. The Kier molecular flexibility index (Phi) is 5.93. The predicted octanol–water partition coefficient (Wildman–Crippen LogP) is 1.26. The van der Waals surface area contributed by atoms with Gasteiger partial charge in [0.1, 0.15) is 6.61 Å². The number of hydrogen-bond donors (Lipinski definition) is 1. The molecule has 0 bridgehead atoms. The summed E-state index contributed by atoms with van der Waals surface area (Å²) in [6.07, 6.45) is 1.38. The fraction of sp³-hybridized carbons (Fsp3) is 0.500. The first kappa shape index (κ1) is 14.2. The molecule has 0 spiro atoms. The molecule has 1 aromatic heterocycles. The Morgan fingerprint density at radius 1 is 1.33 bits per heavy atom. The number of nitrogen functional groups attached to an aromatic ring is 1. The highest BCUT2D eigenvalue weighted by Crippen LogP contribution is 2.17. The molecule has 0 aliphatic carbocycles. The third-order valence-electron chi connectivity index (χ3n) is 2.09. The summed E-state index contributed by atoms with van der Waals surface area (Å²) in [6.45, 7) is 5.40. The molecule has 0 atom stereocenters. The minimum absolute atomic E-state index is 0.262. The van der Waals surface area contributed by atoms with Crippen LogP contribution in [0, 0.1) is 0 Å². The van der Waals surface area contributed by atoms with Crippen LogP contribution in [0.15, 0.2) is 12.3 Å². The highest BCUT2D eigenvalue weighted by molar-refractivity contribution is 5.95. The van der Waals surface area contributed by atoms with Crippen LogP contribution in [0.25, 0.3) is 0 Å². The standard InChI is InChI=1S/C12H18N2O4/c1-3-16-5-6-18-11-7-9(10(13)8-14-11)12(15)17-4-2/h7-8H,3-6,13H2,1-2H3. The number of ether oxygens (including phenoxy) is 3. The van der Waals surface area contributed by atoms with Gasteiger partial charge in [0.05, 0.1) is 30.7 Å². The molecule has 0 saturated heterocycles. The average molecular weight is 254 g/mol. The lowest BCUT2D eigenvalue weighted by Gasteiger charge is -2.08. The van der Waals surface area contributed by atoms with Gasteiger partial charge in [0.25, 0.3) is 0 Å². The monoisotopic (exact) mass is 254 g/mol. The van der Waals surface area contributed by atoms with Crippen molar-refractivity contribution in [2.75, 3.05) is 32.2 Å². The number of anilines is 1. The van der Waals surface area contributed by atoms with Crippen molar-refractivity contribution in [3.05, 3.63) is 17.8 Å². The van der Waals surface area contributed by atoms with Gasteiger partial charge in [-0.2, -0.15) is 0 Å². The number of rotatable bonds is 7. The zero-order chi connectivity index (χ0) is 13.4. The topological polar surface area (TPSA) is 83.7 Å². The SMILES string of the molecule is CCOCCOc1cc(C(=O)OCC)c(N)cn1. The van der Waals surface area contributed by atoms with E-state index in [1.54, 1.807) is 6.92 Å². The van der Waals surface area contributed by atoms with Crippen molar-refractivity contribution < 1.29 is 19.0 Å². The Balaban J connectivity index is 2.65. The maximum atomic E-state index is 11.6. The normalized spacial score (nSPS) is 10.1. The van der Waals surface area contributed by atoms with Crippen LogP contribution < -0.4 is 10.5 Å². The number of carbonyl (C=O) groups is 1. The van der Waals surface area contributed by atoms with Crippen LogP contribution in [0.4, 0.5) is 5.69 Å². The zero-order valence-corrected chi connectivity index (χ0v) is 10.6. The number of carbonyl (C=O) groups excluding carboxylic acids is 1. The molecule has 100 valence electrons. The lowest BCUT2D eigenvalue weighted by Crippen LogP contribution is -2.11. The highest BCUT2D eigenvalue weighted by Gasteiger charge is 2.12. The summed E-state index contributed by atoms with van der Waals surface area (Å²) in [5.41, 5.74) is 6.18. The van der Waals surface area contributed by atoms with Crippen molar-refractivity contribution in [2.45, 2.75) is 13.8 Å². The minimum Gasteiger partial charge on any atom is -0.475 e. The van der Waals surface area contributed by atoms with Crippen molar-refractivity contribution in [3.8, 4) is 5.88 Å². The quantitative estimate of drug-likeness (QED) is 0.582. The molecule has 0 radical (unpaired) electrons. The first-order valence-corrected chi connectivity index (χ1v) is 5.82. The third kappa shape index (κ3) is 4.21. The molecule has 0 amide bonds. The van der Waals surface area contributed by atoms with Crippen molar-refractivity contribution in [1.29, 1.82) is 0 Å². The van der Waals surface area contributed by atoms with Crippen molar-refractivity contribution >= 4 is 11.7 Å². The van der Waals surface area contributed by atoms with Gasteiger partial charge in [-0.15, -0.1) is 0 Å². The van der Waals surface area contributed by atoms with Crippen LogP contribution in [0.5, 0.6) is 5.88 Å². The molecule has 1 heterocycles. The molecule has 0 aromatic carbocycles. The largest absolute Gasteiger partial charge is 0.475 e. The second kappa shape index (κ2) is 7.50. The summed E-state index contributed by atoms with van der Waals surface area (Å²) >= 11 is 0. The summed E-state index contributed by atoms with van der Waals surface area (Å²) < 4.78 is 15.3. The van der Waals surface area contributed by atoms with Crippen LogP contribution in [0.2, 0.25) is 0 Å². The first-order valence-electron chi connectivity index (χ1n) is 5.82. The van der Waals surface area contributed by atoms with Gasteiger partial charge in [0, 0.05) is 12.7 Å². The van der Waals surface area contributed by atoms with Crippen molar-refractivity contribution in [1.82, 2.24) is 4.98 Å². The lowest BCUT2D eigenvalue weighted by atomic mass is 10.2. The van der Waals surface area contributed by atoms with E-state index in [1.807, 2.05) is 6.92 Å². The van der Waals surface area contributed by atoms with Crippen LogP contribution in [0.3, 0.4) is 0 Å². The average Bonchev–Trinajstić information content (AvgIpc) is 2.36. The van der Waals surface area contributed by atoms with Crippen molar-refractivity contribution in [2.24, 2.45) is 0 Å². The van der Waals surface area contributed by atoms with Gasteiger partial charge in [-0.05, 0) is 13.8 Å². The van der Waals surface area contributed by atoms with Crippen LogP contribution in [-0.2, 0) is 9.47 Å². The molecule has 1 rings (SSSR count). The third-order valence-corrected chi connectivity index (χ3v) is 2.09. The molecule has 1 aromatic rings. The summed E-state index contributed by atoms with van der Waals surface area (Å²) in [5, 5.41) is 0. The van der Waals surface area contributed by atoms with Crippen LogP contribution in [-0.4, -0.2) is 37.4 Å². The fourth-order valence-corrected chi connectivity index (χ4v) is 1.26. The number of nitrogens with two attached hydrogens (primary N) is 1. The predicted molar refractivity (Wildman–Crippen MR) is 66.6 cm³/mol. The Morgan fingerprint density at radius 3 is 2.78 bits per heavy atom. The van der Waals surface area contributed by atoms with Gasteiger partial charge in [-0.1, -0.05) is 0 Å². The Labute approximate surface area is 106 Å². The van der Waals surface area contributed by atoms with E-state index in [1.165, 1.54) is 12.3 Å². The molecule has 0 fully saturated rings.